The molecule has 2 rings (SSSR count). The van der Waals surface area contributed by atoms with Gasteiger partial charge in [-0.25, -0.2) is 8.42 Å². The van der Waals surface area contributed by atoms with E-state index in [-0.39, 0.29) is 22.0 Å². The maximum Gasteiger partial charge on any atom is 0.187 e. The molecule has 1 fully saturated rings. The van der Waals surface area contributed by atoms with Gasteiger partial charge in [0.05, 0.1) is 5.25 Å². The van der Waals surface area contributed by atoms with Gasteiger partial charge in [0.25, 0.3) is 0 Å². The third-order valence-electron chi connectivity index (χ3n) is 3.48. The van der Waals surface area contributed by atoms with Crippen LogP contribution in [0.5, 0.6) is 0 Å². The molecule has 0 radical (unpaired) electrons. The zero-order chi connectivity index (χ0) is 14.9. The molecule has 0 saturated heterocycles. The molecule has 1 atom stereocenters. The zero-order valence-electron chi connectivity index (χ0n) is 12.2. The average molecular weight is 317 g/mol. The van der Waals surface area contributed by atoms with Crippen molar-refractivity contribution in [2.24, 2.45) is 5.92 Å². The van der Waals surface area contributed by atoms with E-state index in [2.05, 4.69) is 30.5 Å². The quantitative estimate of drug-likeness (QED) is 0.807. The number of nitrogens with one attached hydrogen (secondary N) is 1. The van der Waals surface area contributed by atoms with Crippen LogP contribution in [0, 0.1) is 5.92 Å². The molecule has 5 nitrogen and oxygen atoms in total. The number of hydrogen-bond acceptors (Lipinski definition) is 6. The smallest absolute Gasteiger partial charge is 0.187 e. The first kappa shape index (κ1) is 15.6. The highest BCUT2D eigenvalue weighted by molar-refractivity contribution is 7.92. The van der Waals surface area contributed by atoms with Crippen LogP contribution < -0.4 is 11.1 Å². The third kappa shape index (κ3) is 3.44. The van der Waals surface area contributed by atoms with Crippen LogP contribution in [0.25, 0.3) is 0 Å². The molecule has 1 aromatic rings. The van der Waals surface area contributed by atoms with Gasteiger partial charge in [-0.15, -0.1) is 0 Å². The zero-order valence-corrected chi connectivity index (χ0v) is 13.9. The molecule has 0 spiro atoms. The topological polar surface area (TPSA) is 85.1 Å². The predicted octanol–water partition coefficient (Wildman–Crippen LogP) is 2.90. The molecule has 114 valence electrons. The van der Waals surface area contributed by atoms with Crippen molar-refractivity contribution in [3.8, 4) is 0 Å². The Morgan fingerprint density at radius 2 is 2.00 bits per heavy atom. The third-order valence-corrected chi connectivity index (χ3v) is 6.73. The van der Waals surface area contributed by atoms with Crippen LogP contribution in [0.15, 0.2) is 4.90 Å². The van der Waals surface area contributed by atoms with Gasteiger partial charge in [0.15, 0.2) is 15.7 Å². The number of aromatic nitrogens is 1. The first-order valence-corrected chi connectivity index (χ1v) is 9.40. The van der Waals surface area contributed by atoms with Gasteiger partial charge in [0, 0.05) is 6.04 Å². The maximum atomic E-state index is 12.4. The molecule has 0 aromatic carbocycles. The number of hydrogen-bond donors (Lipinski definition) is 2. The standard InChI is InChI=1S/C13H23N3O2S2/c1-8(2)4-5-9(3)15-13-11(12(14)16-19-13)20(17,18)10-6-7-10/h8-10,15H,4-7H2,1-3H3,(H2,14,16). The van der Waals surface area contributed by atoms with Crippen molar-refractivity contribution in [3.63, 3.8) is 0 Å². The summed E-state index contributed by atoms with van der Waals surface area (Å²) in [5.41, 5.74) is 5.77. The van der Waals surface area contributed by atoms with Crippen LogP contribution in [0.1, 0.15) is 46.5 Å². The van der Waals surface area contributed by atoms with Gasteiger partial charge in [-0.2, -0.15) is 4.37 Å². The van der Waals surface area contributed by atoms with Crippen LogP contribution in [0.4, 0.5) is 10.8 Å². The highest BCUT2D eigenvalue weighted by atomic mass is 32.2. The SMILES string of the molecule is CC(C)CCC(C)Nc1snc(N)c1S(=O)(=O)C1CC1. The van der Waals surface area contributed by atoms with Crippen molar-refractivity contribution < 1.29 is 8.42 Å². The van der Waals surface area contributed by atoms with E-state index in [4.69, 9.17) is 5.73 Å². The number of sulfone groups is 1. The molecule has 1 aliphatic carbocycles. The Labute approximate surface area is 125 Å². The summed E-state index contributed by atoms with van der Waals surface area (Å²) in [5, 5.41) is 3.62. The second-order valence-corrected chi connectivity index (χ2v) is 8.93. The van der Waals surface area contributed by atoms with Gasteiger partial charge >= 0.3 is 0 Å². The van der Waals surface area contributed by atoms with Gasteiger partial charge in [0.2, 0.25) is 0 Å². The van der Waals surface area contributed by atoms with Gasteiger partial charge < -0.3 is 11.1 Å². The van der Waals surface area contributed by atoms with Gasteiger partial charge in [-0.05, 0) is 50.1 Å². The molecule has 20 heavy (non-hydrogen) atoms. The Hall–Kier alpha value is -0.820. The van der Waals surface area contributed by atoms with Crippen LogP contribution in [0.3, 0.4) is 0 Å². The Morgan fingerprint density at radius 3 is 2.55 bits per heavy atom. The fourth-order valence-corrected chi connectivity index (χ4v) is 5.07. The number of nitrogens with two attached hydrogens (primary N) is 1. The van der Waals surface area contributed by atoms with Crippen LogP contribution in [-0.4, -0.2) is 24.1 Å². The highest BCUT2D eigenvalue weighted by Gasteiger charge is 2.40. The van der Waals surface area contributed by atoms with E-state index < -0.39 is 9.84 Å². The van der Waals surface area contributed by atoms with Gasteiger partial charge in [0.1, 0.15) is 9.90 Å². The lowest BCUT2D eigenvalue weighted by atomic mass is 10.0. The normalized spacial score (nSPS) is 17.4. The van der Waals surface area contributed by atoms with E-state index in [0.717, 1.165) is 37.2 Å². The minimum Gasteiger partial charge on any atom is -0.382 e. The molecule has 0 amide bonds. The molecule has 0 bridgehead atoms. The van der Waals surface area contributed by atoms with E-state index in [1.807, 2.05) is 0 Å². The molecule has 1 heterocycles. The van der Waals surface area contributed by atoms with Crippen molar-refractivity contribution >= 4 is 32.2 Å². The van der Waals surface area contributed by atoms with Crippen molar-refractivity contribution in [1.82, 2.24) is 4.37 Å². The lowest BCUT2D eigenvalue weighted by Gasteiger charge is -2.16. The molecule has 0 aliphatic heterocycles. The number of anilines is 2. The molecule has 1 saturated carbocycles. The van der Waals surface area contributed by atoms with Crippen LogP contribution in [-0.2, 0) is 9.84 Å². The van der Waals surface area contributed by atoms with E-state index in [0.29, 0.717) is 10.9 Å². The number of nitrogen functional groups attached to an aromatic ring is 1. The van der Waals surface area contributed by atoms with Crippen molar-refractivity contribution in [3.05, 3.63) is 0 Å². The fourth-order valence-electron chi connectivity index (χ4n) is 2.09. The van der Waals surface area contributed by atoms with Gasteiger partial charge in [-0.3, -0.25) is 0 Å². The summed E-state index contributed by atoms with van der Waals surface area (Å²) in [7, 11) is -3.30. The first-order chi connectivity index (χ1) is 9.32. The molecule has 3 N–H and O–H groups in total. The molecular formula is C13H23N3O2S2. The Balaban J connectivity index is 2.13. The minimum absolute atomic E-state index is 0.139. The molecule has 1 aliphatic rings. The summed E-state index contributed by atoms with van der Waals surface area (Å²) < 4.78 is 28.8. The summed E-state index contributed by atoms with van der Waals surface area (Å²) >= 11 is 1.15. The summed E-state index contributed by atoms with van der Waals surface area (Å²) in [5.74, 6) is 0.779. The van der Waals surface area contributed by atoms with Crippen molar-refractivity contribution in [2.75, 3.05) is 11.1 Å². The highest BCUT2D eigenvalue weighted by Crippen LogP contribution is 2.41. The predicted molar refractivity (Wildman–Crippen MR) is 83.9 cm³/mol. The van der Waals surface area contributed by atoms with Gasteiger partial charge in [-0.1, -0.05) is 13.8 Å². The molecule has 1 unspecified atom stereocenters. The van der Waals surface area contributed by atoms with E-state index in [9.17, 15) is 8.42 Å². The number of nitrogens with zero attached hydrogens (tertiary/aromatic N) is 1. The summed E-state index contributed by atoms with van der Waals surface area (Å²) in [6.07, 6.45) is 3.57. The Kier molecular flexibility index (Phi) is 4.59. The molecular weight excluding hydrogens is 294 g/mol. The summed E-state index contributed by atoms with van der Waals surface area (Å²) in [6, 6.07) is 0.213. The van der Waals surface area contributed by atoms with Crippen LogP contribution in [0.2, 0.25) is 0 Å². The van der Waals surface area contributed by atoms with Crippen LogP contribution >= 0.6 is 11.5 Å². The van der Waals surface area contributed by atoms with E-state index in [1.165, 1.54) is 0 Å². The first-order valence-electron chi connectivity index (χ1n) is 7.08. The Morgan fingerprint density at radius 1 is 1.35 bits per heavy atom. The van der Waals surface area contributed by atoms with E-state index >= 15 is 0 Å². The molecule has 1 aromatic heterocycles. The second kappa shape index (κ2) is 5.89. The summed E-state index contributed by atoms with van der Waals surface area (Å²) in [6.45, 7) is 6.42. The van der Waals surface area contributed by atoms with Crippen molar-refractivity contribution in [2.45, 2.75) is 62.6 Å². The fraction of sp³-hybridized carbons (Fsp3) is 0.769. The Bertz CT molecular complexity index is 562. The van der Waals surface area contributed by atoms with Crippen molar-refractivity contribution in [1.29, 1.82) is 0 Å². The average Bonchev–Trinajstić information content (AvgIpc) is 3.13. The van der Waals surface area contributed by atoms with E-state index in [1.54, 1.807) is 0 Å². The lowest BCUT2D eigenvalue weighted by molar-refractivity contribution is 0.527. The molecule has 7 heteroatoms. The number of rotatable bonds is 7. The lowest BCUT2D eigenvalue weighted by Crippen LogP contribution is -2.18. The maximum absolute atomic E-state index is 12.4. The largest absolute Gasteiger partial charge is 0.382 e. The monoisotopic (exact) mass is 317 g/mol. The summed E-state index contributed by atoms with van der Waals surface area (Å²) in [4.78, 5) is 0.224. The second-order valence-electron chi connectivity index (χ2n) is 5.99. The minimum atomic E-state index is -3.30.